The largest absolute Gasteiger partial charge is 0.437 e. The van der Waals surface area contributed by atoms with Crippen molar-refractivity contribution in [1.82, 2.24) is 9.97 Å². The van der Waals surface area contributed by atoms with Crippen LogP contribution in [0.2, 0.25) is 0 Å². The van der Waals surface area contributed by atoms with Crippen LogP contribution in [0.15, 0.2) is 60.9 Å². The molecule has 2 heterocycles. The van der Waals surface area contributed by atoms with Crippen LogP contribution in [-0.4, -0.2) is 15.9 Å². The van der Waals surface area contributed by atoms with Gasteiger partial charge in [0.15, 0.2) is 5.75 Å². The molecule has 0 bridgehead atoms. The summed E-state index contributed by atoms with van der Waals surface area (Å²) in [5.74, 6) is 0.920. The molecule has 0 spiro atoms. The van der Waals surface area contributed by atoms with Gasteiger partial charge in [0.1, 0.15) is 0 Å². The Labute approximate surface area is 153 Å². The van der Waals surface area contributed by atoms with Crippen LogP contribution in [0.4, 0.5) is 5.69 Å². The van der Waals surface area contributed by atoms with E-state index < -0.39 is 0 Å². The van der Waals surface area contributed by atoms with Gasteiger partial charge >= 0.3 is 0 Å². The number of pyridine rings is 2. The molecule has 0 aliphatic rings. The number of ether oxygens (including phenoxy) is 1. The molecule has 0 fully saturated rings. The number of carbonyl (C=O) groups excluding carboxylic acids is 1. The Morgan fingerprint density at radius 2 is 1.88 bits per heavy atom. The van der Waals surface area contributed by atoms with Crippen LogP contribution in [0, 0.1) is 10.5 Å². The second-order valence-electron chi connectivity index (χ2n) is 5.04. The van der Waals surface area contributed by atoms with Crippen molar-refractivity contribution in [1.29, 1.82) is 0 Å². The maximum atomic E-state index is 12.2. The van der Waals surface area contributed by atoms with Crippen molar-refractivity contribution < 1.29 is 9.53 Å². The van der Waals surface area contributed by atoms with Crippen LogP contribution in [-0.2, 0) is 0 Å². The summed E-state index contributed by atoms with van der Waals surface area (Å²) < 4.78 is 6.76. The van der Waals surface area contributed by atoms with Crippen LogP contribution >= 0.6 is 22.6 Å². The van der Waals surface area contributed by atoms with E-state index >= 15 is 0 Å². The second kappa shape index (κ2) is 7.39. The number of benzene rings is 1. The van der Waals surface area contributed by atoms with E-state index in [4.69, 9.17) is 4.74 Å². The van der Waals surface area contributed by atoms with Crippen molar-refractivity contribution in [2.45, 2.75) is 6.92 Å². The minimum absolute atomic E-state index is 0.176. The van der Waals surface area contributed by atoms with E-state index in [1.165, 1.54) is 0 Å². The molecule has 1 aromatic carbocycles. The van der Waals surface area contributed by atoms with E-state index in [0.29, 0.717) is 22.9 Å². The highest BCUT2D eigenvalue weighted by atomic mass is 127. The molecular weight excluding hydrogens is 417 g/mol. The van der Waals surface area contributed by atoms with E-state index in [-0.39, 0.29) is 5.91 Å². The molecule has 0 saturated heterocycles. The maximum absolute atomic E-state index is 12.2. The summed E-state index contributed by atoms with van der Waals surface area (Å²) in [5.41, 5.74) is 1.99. The van der Waals surface area contributed by atoms with Crippen LogP contribution in [0.25, 0.3) is 0 Å². The van der Waals surface area contributed by atoms with E-state index in [2.05, 4.69) is 37.9 Å². The summed E-state index contributed by atoms with van der Waals surface area (Å²) in [7, 11) is 0. The molecule has 0 unspecified atom stereocenters. The first-order valence-corrected chi connectivity index (χ1v) is 8.32. The minimum Gasteiger partial charge on any atom is -0.437 e. The van der Waals surface area contributed by atoms with Gasteiger partial charge in [-0.05, 0) is 72.0 Å². The Morgan fingerprint density at radius 1 is 1.08 bits per heavy atom. The van der Waals surface area contributed by atoms with E-state index in [0.717, 1.165) is 9.26 Å². The average Bonchev–Trinajstić information content (AvgIpc) is 2.59. The predicted molar refractivity (Wildman–Crippen MR) is 100 cm³/mol. The molecule has 0 saturated carbocycles. The van der Waals surface area contributed by atoms with Crippen LogP contribution < -0.4 is 10.1 Å². The number of rotatable bonds is 4. The number of hydrogen-bond acceptors (Lipinski definition) is 4. The molecule has 3 aromatic rings. The molecule has 6 heteroatoms. The first-order chi connectivity index (χ1) is 11.6. The van der Waals surface area contributed by atoms with Crippen molar-refractivity contribution in [2.24, 2.45) is 0 Å². The fourth-order valence-electron chi connectivity index (χ4n) is 2.01. The number of carbonyl (C=O) groups is 1. The zero-order valence-corrected chi connectivity index (χ0v) is 15.0. The fourth-order valence-corrected chi connectivity index (χ4v) is 2.37. The topological polar surface area (TPSA) is 64.1 Å². The number of hydrogen-bond donors (Lipinski definition) is 1. The van der Waals surface area contributed by atoms with Crippen LogP contribution in [0.5, 0.6) is 11.6 Å². The van der Waals surface area contributed by atoms with Crippen molar-refractivity contribution in [3.05, 3.63) is 75.8 Å². The molecule has 0 atom stereocenters. The first-order valence-electron chi connectivity index (χ1n) is 7.24. The molecule has 3 rings (SSSR count). The number of anilines is 1. The normalized spacial score (nSPS) is 10.2. The van der Waals surface area contributed by atoms with Crippen LogP contribution in [0.3, 0.4) is 0 Å². The quantitative estimate of drug-likeness (QED) is 0.621. The molecule has 2 aromatic heterocycles. The molecule has 120 valence electrons. The van der Waals surface area contributed by atoms with Crippen molar-refractivity contribution in [3.63, 3.8) is 0 Å². The zero-order chi connectivity index (χ0) is 16.9. The fraction of sp³-hybridized carbons (Fsp3) is 0.0556. The SMILES string of the molecule is Cc1ncccc1Oc1ccc(NC(=O)c2ccc(I)cc2)cn1. The van der Waals surface area contributed by atoms with E-state index in [1.807, 2.05) is 25.1 Å². The number of amides is 1. The highest BCUT2D eigenvalue weighted by Crippen LogP contribution is 2.22. The van der Waals surface area contributed by atoms with E-state index in [1.54, 1.807) is 42.7 Å². The summed E-state index contributed by atoms with van der Waals surface area (Å²) >= 11 is 2.20. The van der Waals surface area contributed by atoms with Gasteiger partial charge in [-0.2, -0.15) is 0 Å². The Morgan fingerprint density at radius 3 is 2.54 bits per heavy atom. The maximum Gasteiger partial charge on any atom is 0.255 e. The first kappa shape index (κ1) is 16.4. The standard InChI is InChI=1S/C18H14IN3O2/c1-12-16(3-2-10-20-12)24-17-9-8-15(11-21-17)22-18(23)13-4-6-14(19)7-5-13/h2-11H,1H3,(H,22,23). The zero-order valence-electron chi connectivity index (χ0n) is 12.9. The predicted octanol–water partition coefficient (Wildman–Crippen LogP) is 4.43. The Balaban J connectivity index is 1.67. The highest BCUT2D eigenvalue weighted by molar-refractivity contribution is 14.1. The molecule has 0 aliphatic heterocycles. The average molecular weight is 431 g/mol. The molecular formula is C18H14IN3O2. The monoisotopic (exact) mass is 431 g/mol. The number of halogens is 1. The van der Waals surface area contributed by atoms with Gasteiger partial charge in [0.2, 0.25) is 5.88 Å². The number of nitrogens with zero attached hydrogens (tertiary/aromatic N) is 2. The Bertz CT molecular complexity index is 849. The number of aromatic nitrogens is 2. The van der Waals surface area contributed by atoms with Crippen molar-refractivity contribution in [3.8, 4) is 11.6 Å². The van der Waals surface area contributed by atoms with Gasteiger partial charge in [-0.1, -0.05) is 0 Å². The molecule has 1 amide bonds. The number of nitrogens with one attached hydrogen (secondary N) is 1. The highest BCUT2D eigenvalue weighted by Gasteiger charge is 2.07. The van der Waals surface area contributed by atoms with Gasteiger partial charge in [-0.15, -0.1) is 0 Å². The smallest absolute Gasteiger partial charge is 0.255 e. The third-order valence-corrected chi connectivity index (χ3v) is 3.99. The lowest BCUT2D eigenvalue weighted by Gasteiger charge is -2.08. The van der Waals surface area contributed by atoms with Gasteiger partial charge in [0.05, 0.1) is 17.6 Å². The molecule has 1 N–H and O–H groups in total. The summed E-state index contributed by atoms with van der Waals surface area (Å²) in [6.07, 6.45) is 3.27. The Hall–Kier alpha value is -2.48. The van der Waals surface area contributed by atoms with Crippen LogP contribution in [0.1, 0.15) is 16.1 Å². The third kappa shape index (κ3) is 4.08. The molecule has 5 nitrogen and oxygen atoms in total. The number of aryl methyl sites for hydroxylation is 1. The lowest BCUT2D eigenvalue weighted by molar-refractivity contribution is 0.102. The third-order valence-electron chi connectivity index (χ3n) is 3.27. The van der Waals surface area contributed by atoms with Crippen molar-refractivity contribution >= 4 is 34.2 Å². The molecule has 0 radical (unpaired) electrons. The van der Waals surface area contributed by atoms with Gasteiger partial charge < -0.3 is 10.1 Å². The molecule has 0 aliphatic carbocycles. The lowest BCUT2D eigenvalue weighted by atomic mass is 10.2. The summed E-state index contributed by atoms with van der Waals surface area (Å²) in [4.78, 5) is 20.5. The lowest BCUT2D eigenvalue weighted by Crippen LogP contribution is -2.11. The van der Waals surface area contributed by atoms with Gasteiger partial charge in [0.25, 0.3) is 5.91 Å². The molecule has 24 heavy (non-hydrogen) atoms. The summed E-state index contributed by atoms with van der Waals surface area (Å²) in [5, 5.41) is 2.81. The second-order valence-corrected chi connectivity index (χ2v) is 6.28. The van der Waals surface area contributed by atoms with Gasteiger partial charge in [-0.25, -0.2) is 4.98 Å². The van der Waals surface area contributed by atoms with E-state index in [9.17, 15) is 4.79 Å². The minimum atomic E-state index is -0.176. The Kier molecular flexibility index (Phi) is 5.05. The van der Waals surface area contributed by atoms with Gasteiger partial charge in [0, 0.05) is 21.4 Å². The van der Waals surface area contributed by atoms with Gasteiger partial charge in [-0.3, -0.25) is 9.78 Å². The van der Waals surface area contributed by atoms with Crippen molar-refractivity contribution in [2.75, 3.05) is 5.32 Å². The summed E-state index contributed by atoms with van der Waals surface area (Å²) in [6, 6.07) is 14.4. The summed E-state index contributed by atoms with van der Waals surface area (Å²) in [6.45, 7) is 1.87.